The second-order valence-corrected chi connectivity index (χ2v) is 6.92. The van der Waals surface area contributed by atoms with E-state index in [1.807, 2.05) is 26.8 Å². The van der Waals surface area contributed by atoms with Crippen LogP contribution in [0.5, 0.6) is 0 Å². The van der Waals surface area contributed by atoms with Crippen LogP contribution in [0.25, 0.3) is 0 Å². The van der Waals surface area contributed by atoms with Gasteiger partial charge >= 0.3 is 0 Å². The summed E-state index contributed by atoms with van der Waals surface area (Å²) in [5.74, 6) is 1.39. The van der Waals surface area contributed by atoms with Gasteiger partial charge in [-0.1, -0.05) is 46.4 Å². The molecule has 128 valence electrons. The Morgan fingerprint density at radius 1 is 1.27 bits per heavy atom. The lowest BCUT2D eigenvalue weighted by Crippen LogP contribution is -1.97. The molecule has 0 bridgehead atoms. The van der Waals surface area contributed by atoms with Crippen LogP contribution in [0.3, 0.4) is 0 Å². The molecule has 0 aromatic rings. The molecule has 0 aromatic carbocycles. The van der Waals surface area contributed by atoms with E-state index in [4.69, 9.17) is 9.47 Å². The first kappa shape index (κ1) is 22.8. The number of hydrogen-bond acceptors (Lipinski definition) is 4. The van der Waals surface area contributed by atoms with Crippen molar-refractivity contribution in [3.05, 3.63) is 48.3 Å². The maximum atomic E-state index is 10.8. The molecule has 0 unspecified atom stereocenters. The molecule has 22 heavy (non-hydrogen) atoms. The van der Waals surface area contributed by atoms with Crippen molar-refractivity contribution < 1.29 is 17.9 Å². The topological polar surface area (TPSA) is 52.6 Å². The highest BCUT2D eigenvalue weighted by Crippen LogP contribution is 1.98. The van der Waals surface area contributed by atoms with Crippen LogP contribution in [-0.2, 0) is 19.3 Å². The highest BCUT2D eigenvalue weighted by atomic mass is 32.2. The van der Waals surface area contributed by atoms with Crippen molar-refractivity contribution in [3.8, 4) is 0 Å². The fraction of sp³-hybridized carbons (Fsp3) is 0.529. The van der Waals surface area contributed by atoms with E-state index in [0.29, 0.717) is 5.92 Å². The van der Waals surface area contributed by atoms with E-state index in [2.05, 4.69) is 13.5 Å². The van der Waals surface area contributed by atoms with Gasteiger partial charge in [-0.05, 0) is 31.4 Å². The Bertz CT molecular complexity index is 457. The van der Waals surface area contributed by atoms with Gasteiger partial charge in [0.2, 0.25) is 6.79 Å². The zero-order valence-electron chi connectivity index (χ0n) is 14.4. The van der Waals surface area contributed by atoms with Crippen LogP contribution in [0.2, 0.25) is 0 Å². The number of rotatable bonds is 9. The van der Waals surface area contributed by atoms with Gasteiger partial charge in [-0.25, -0.2) is 8.42 Å². The fourth-order valence-corrected chi connectivity index (χ4v) is 1.74. The molecule has 0 aliphatic carbocycles. The first-order valence-corrected chi connectivity index (χ1v) is 9.10. The maximum absolute atomic E-state index is 10.8. The van der Waals surface area contributed by atoms with E-state index >= 15 is 0 Å². The summed E-state index contributed by atoms with van der Waals surface area (Å²) in [6, 6.07) is 0. The highest BCUT2D eigenvalue weighted by Gasteiger charge is 1.99. The van der Waals surface area contributed by atoms with Crippen molar-refractivity contribution in [2.24, 2.45) is 5.92 Å². The Hall–Kier alpha value is -1.49. The summed E-state index contributed by atoms with van der Waals surface area (Å²) in [7, 11) is -2.90. The molecule has 0 fully saturated rings. The smallest absolute Gasteiger partial charge is 0.229 e. The van der Waals surface area contributed by atoms with Gasteiger partial charge in [0, 0.05) is 5.41 Å². The SMILES string of the molecule is C=C/C=C/OCO/C(C)=C/CC.CCS(=O)(=O)/C=C\C(C)C. The predicted octanol–water partition coefficient (Wildman–Crippen LogP) is 4.58. The second-order valence-electron chi connectivity index (χ2n) is 4.74. The van der Waals surface area contributed by atoms with Crippen molar-refractivity contribution in [2.45, 2.75) is 41.0 Å². The van der Waals surface area contributed by atoms with Crippen LogP contribution >= 0.6 is 0 Å². The first-order valence-electron chi connectivity index (χ1n) is 7.38. The van der Waals surface area contributed by atoms with Gasteiger partial charge in [-0.2, -0.15) is 0 Å². The third kappa shape index (κ3) is 18.5. The molecule has 0 atom stereocenters. The molecule has 0 spiro atoms. The van der Waals surface area contributed by atoms with Gasteiger partial charge in [-0.15, -0.1) is 0 Å². The molecule has 0 saturated heterocycles. The minimum Gasteiger partial charge on any atom is -0.465 e. The van der Waals surface area contributed by atoms with Gasteiger partial charge in [0.15, 0.2) is 9.84 Å². The number of sulfone groups is 1. The quantitative estimate of drug-likeness (QED) is 0.269. The van der Waals surface area contributed by atoms with Gasteiger partial charge in [0.05, 0.1) is 17.8 Å². The van der Waals surface area contributed by atoms with E-state index in [-0.39, 0.29) is 12.5 Å². The summed E-state index contributed by atoms with van der Waals surface area (Å²) in [6.45, 7) is 13.3. The van der Waals surface area contributed by atoms with E-state index in [1.165, 1.54) is 5.41 Å². The van der Waals surface area contributed by atoms with Crippen molar-refractivity contribution in [1.82, 2.24) is 0 Å². The Kier molecular flexibility index (Phi) is 15.0. The molecule has 0 heterocycles. The second kappa shape index (κ2) is 14.4. The lowest BCUT2D eigenvalue weighted by molar-refractivity contribution is 0.0293. The van der Waals surface area contributed by atoms with Crippen LogP contribution in [-0.4, -0.2) is 21.0 Å². The minimum atomic E-state index is -2.90. The zero-order valence-corrected chi connectivity index (χ0v) is 15.2. The standard InChI is InChI=1S/C10H16O2.C7H14O2S/c1-4-6-8-11-9-12-10(3)7-5-2;1-4-10(8,9)6-5-7(2)3/h4,6-8H,1,5,9H2,2-3H3;5-7H,4H2,1-3H3/b8-6+,10-7+;6-5-. The van der Waals surface area contributed by atoms with Crippen molar-refractivity contribution in [1.29, 1.82) is 0 Å². The summed E-state index contributed by atoms with van der Waals surface area (Å²) in [4.78, 5) is 0. The summed E-state index contributed by atoms with van der Waals surface area (Å²) in [6.07, 6.45) is 9.58. The minimum absolute atomic E-state index is 0.191. The van der Waals surface area contributed by atoms with Crippen molar-refractivity contribution in [3.63, 3.8) is 0 Å². The van der Waals surface area contributed by atoms with Crippen molar-refractivity contribution in [2.75, 3.05) is 12.5 Å². The van der Waals surface area contributed by atoms with Crippen molar-refractivity contribution >= 4 is 9.84 Å². The molecule has 4 nitrogen and oxygen atoms in total. The third-order valence-corrected chi connectivity index (χ3v) is 3.61. The lowest BCUT2D eigenvalue weighted by atomic mass is 10.2. The number of allylic oxidation sites excluding steroid dienone is 5. The lowest BCUT2D eigenvalue weighted by Gasteiger charge is -2.04. The van der Waals surface area contributed by atoms with Crippen LogP contribution in [0, 0.1) is 5.92 Å². The highest BCUT2D eigenvalue weighted by molar-refractivity contribution is 7.94. The normalized spacial score (nSPS) is 12.4. The Balaban J connectivity index is 0. The Morgan fingerprint density at radius 3 is 2.36 bits per heavy atom. The Labute approximate surface area is 136 Å². The summed E-state index contributed by atoms with van der Waals surface area (Å²) >= 11 is 0. The molecule has 0 aromatic heterocycles. The molecule has 0 rings (SSSR count). The molecular formula is C17H30O4S. The van der Waals surface area contributed by atoms with E-state index in [9.17, 15) is 8.42 Å². The van der Waals surface area contributed by atoms with Gasteiger partial charge in [-0.3, -0.25) is 0 Å². The van der Waals surface area contributed by atoms with E-state index in [1.54, 1.807) is 31.4 Å². The largest absolute Gasteiger partial charge is 0.465 e. The molecule has 0 saturated carbocycles. The monoisotopic (exact) mass is 330 g/mol. The number of ether oxygens (including phenoxy) is 2. The van der Waals surface area contributed by atoms with Gasteiger partial charge in [0.25, 0.3) is 0 Å². The third-order valence-electron chi connectivity index (χ3n) is 2.23. The van der Waals surface area contributed by atoms with Gasteiger partial charge < -0.3 is 9.47 Å². The fourth-order valence-electron chi connectivity index (χ4n) is 0.997. The van der Waals surface area contributed by atoms with Crippen LogP contribution < -0.4 is 0 Å². The van der Waals surface area contributed by atoms with Crippen LogP contribution in [0.4, 0.5) is 0 Å². The molecule has 0 N–H and O–H groups in total. The van der Waals surface area contributed by atoms with E-state index in [0.717, 1.165) is 12.2 Å². The molecule has 0 aliphatic rings. The van der Waals surface area contributed by atoms with Crippen LogP contribution in [0.1, 0.15) is 41.0 Å². The number of hydrogen-bond donors (Lipinski definition) is 0. The zero-order chi connectivity index (χ0) is 17.4. The molecule has 0 amide bonds. The average Bonchev–Trinajstić information content (AvgIpc) is 2.46. The molecular weight excluding hydrogens is 300 g/mol. The summed E-state index contributed by atoms with van der Waals surface area (Å²) in [5, 5.41) is 1.29. The average molecular weight is 330 g/mol. The summed E-state index contributed by atoms with van der Waals surface area (Å²) < 4.78 is 31.8. The summed E-state index contributed by atoms with van der Waals surface area (Å²) in [5.41, 5.74) is 0. The first-order chi connectivity index (χ1) is 10.3. The molecule has 5 heteroatoms. The van der Waals surface area contributed by atoms with Gasteiger partial charge in [0.1, 0.15) is 0 Å². The maximum Gasteiger partial charge on any atom is 0.229 e. The Morgan fingerprint density at radius 2 is 1.91 bits per heavy atom. The van der Waals surface area contributed by atoms with Crippen LogP contribution in [0.15, 0.2) is 48.3 Å². The predicted molar refractivity (Wildman–Crippen MR) is 93.9 cm³/mol. The molecule has 0 aliphatic heterocycles. The van der Waals surface area contributed by atoms with E-state index < -0.39 is 9.84 Å². The molecule has 0 radical (unpaired) electrons.